The van der Waals surface area contributed by atoms with Gasteiger partial charge in [0.05, 0.1) is 18.1 Å². The van der Waals surface area contributed by atoms with E-state index in [0.29, 0.717) is 11.3 Å². The molecule has 0 saturated heterocycles. The molecule has 0 bridgehead atoms. The Balaban J connectivity index is 1.83. The number of hydrogen-bond acceptors (Lipinski definition) is 4. The number of ketones is 1. The molecule has 0 spiro atoms. The minimum atomic E-state index is -1.16. The fourth-order valence-corrected chi connectivity index (χ4v) is 3.18. The van der Waals surface area contributed by atoms with E-state index in [-0.39, 0.29) is 11.7 Å². The molecule has 0 radical (unpaired) electrons. The number of fused-ring (bicyclic) bond motifs is 2. The van der Waals surface area contributed by atoms with Crippen LogP contribution in [-0.2, 0) is 15.0 Å². The average Bonchev–Trinajstić information content (AvgIpc) is 3.13. The number of nitrogens with zero attached hydrogens (tertiary/aromatic N) is 1. The van der Waals surface area contributed by atoms with Crippen LogP contribution in [0.2, 0.25) is 0 Å². The maximum Gasteiger partial charge on any atom is 0.242 e. The Morgan fingerprint density at radius 2 is 1.92 bits per heavy atom. The van der Waals surface area contributed by atoms with Gasteiger partial charge in [0.15, 0.2) is 0 Å². The maximum absolute atomic E-state index is 12.3. The number of carbonyl (C=O) groups excluding carboxylic acids is 2. The van der Waals surface area contributed by atoms with Crippen LogP contribution in [-0.4, -0.2) is 28.8 Å². The predicted molar refractivity (Wildman–Crippen MR) is 94.7 cm³/mol. The van der Waals surface area contributed by atoms with Crippen molar-refractivity contribution in [3.8, 4) is 17.1 Å². The lowest BCUT2D eigenvalue weighted by Crippen LogP contribution is -2.37. The van der Waals surface area contributed by atoms with E-state index < -0.39 is 5.41 Å². The molecule has 0 saturated carbocycles. The van der Waals surface area contributed by atoms with Gasteiger partial charge in [-0.1, -0.05) is 0 Å². The molecule has 1 unspecified atom stereocenters. The summed E-state index contributed by atoms with van der Waals surface area (Å²) in [5.74, 6) is 1.02. The van der Waals surface area contributed by atoms with E-state index >= 15 is 0 Å². The lowest BCUT2D eigenvalue weighted by atomic mass is 9.80. The number of aromatic nitrogens is 2. The summed E-state index contributed by atoms with van der Waals surface area (Å²) < 4.78 is 5.17. The molecular formula is C19H17N3O3. The zero-order valence-electron chi connectivity index (χ0n) is 14.1. The van der Waals surface area contributed by atoms with E-state index in [9.17, 15) is 9.59 Å². The molecule has 2 heterocycles. The molecule has 0 aliphatic carbocycles. The molecule has 126 valence electrons. The van der Waals surface area contributed by atoms with Gasteiger partial charge in [0.2, 0.25) is 5.91 Å². The van der Waals surface area contributed by atoms with Gasteiger partial charge in [0, 0.05) is 16.8 Å². The smallest absolute Gasteiger partial charge is 0.242 e. The van der Waals surface area contributed by atoms with E-state index in [2.05, 4.69) is 15.3 Å². The molecule has 1 atom stereocenters. The molecule has 1 amide bonds. The molecule has 6 heteroatoms. The van der Waals surface area contributed by atoms with Crippen molar-refractivity contribution < 1.29 is 14.3 Å². The Hall–Kier alpha value is -3.15. The van der Waals surface area contributed by atoms with Crippen LogP contribution in [0.4, 0.5) is 5.69 Å². The van der Waals surface area contributed by atoms with Gasteiger partial charge < -0.3 is 15.0 Å². The first-order chi connectivity index (χ1) is 11.9. The van der Waals surface area contributed by atoms with Gasteiger partial charge in [-0.05, 0) is 50.2 Å². The number of amides is 1. The summed E-state index contributed by atoms with van der Waals surface area (Å²) in [6.07, 6.45) is 0. The number of imidazole rings is 1. The van der Waals surface area contributed by atoms with E-state index in [1.807, 2.05) is 30.3 Å². The highest BCUT2D eigenvalue weighted by molar-refractivity contribution is 6.21. The van der Waals surface area contributed by atoms with Crippen LogP contribution in [0, 0.1) is 0 Å². The number of methoxy groups -OCH3 is 1. The minimum absolute atomic E-state index is 0.182. The van der Waals surface area contributed by atoms with Gasteiger partial charge in [-0.15, -0.1) is 0 Å². The van der Waals surface area contributed by atoms with Gasteiger partial charge in [-0.3, -0.25) is 9.59 Å². The van der Waals surface area contributed by atoms with E-state index in [1.165, 1.54) is 6.92 Å². The average molecular weight is 335 g/mol. The van der Waals surface area contributed by atoms with E-state index in [1.54, 1.807) is 20.1 Å². The minimum Gasteiger partial charge on any atom is -0.497 e. The highest BCUT2D eigenvalue weighted by Crippen LogP contribution is 2.40. The van der Waals surface area contributed by atoms with Crippen LogP contribution in [0.5, 0.6) is 5.75 Å². The highest BCUT2D eigenvalue weighted by atomic mass is 16.5. The molecule has 3 aromatic rings. The van der Waals surface area contributed by atoms with Crippen molar-refractivity contribution in [2.24, 2.45) is 0 Å². The number of ether oxygens (including phenoxy) is 1. The second-order valence-corrected chi connectivity index (χ2v) is 6.36. The lowest BCUT2D eigenvalue weighted by Gasteiger charge is -2.17. The summed E-state index contributed by atoms with van der Waals surface area (Å²) in [6.45, 7) is 3.09. The van der Waals surface area contributed by atoms with E-state index in [4.69, 9.17) is 4.74 Å². The second kappa shape index (κ2) is 5.17. The molecule has 6 nitrogen and oxygen atoms in total. The largest absolute Gasteiger partial charge is 0.497 e. The number of Topliss-reactive ketones (excluding diaryl/α,β-unsaturated/α-hetero) is 1. The van der Waals surface area contributed by atoms with Crippen LogP contribution in [0.15, 0.2) is 36.4 Å². The Bertz CT molecular complexity index is 1020. The van der Waals surface area contributed by atoms with Crippen LogP contribution >= 0.6 is 0 Å². The number of hydrogen-bond donors (Lipinski definition) is 2. The van der Waals surface area contributed by atoms with Crippen molar-refractivity contribution in [2.75, 3.05) is 12.4 Å². The molecule has 1 aliphatic rings. The van der Waals surface area contributed by atoms with Gasteiger partial charge in [0.1, 0.15) is 22.8 Å². The fraction of sp³-hybridized carbons (Fsp3) is 0.211. The summed E-state index contributed by atoms with van der Waals surface area (Å²) in [4.78, 5) is 32.2. The topological polar surface area (TPSA) is 84.1 Å². The standard InChI is InChI=1S/C19H17N3O3/c1-10(23)19(2)13-8-15-16(9-14(13)22-18(19)24)21-17(20-15)11-4-6-12(25-3)7-5-11/h4-9H,1-3H3,(H,20,21)(H,22,24). The highest BCUT2D eigenvalue weighted by Gasteiger charge is 2.47. The number of aromatic amines is 1. The van der Waals surface area contributed by atoms with Crippen LogP contribution < -0.4 is 10.1 Å². The van der Waals surface area contributed by atoms with Gasteiger partial charge in [0.25, 0.3) is 0 Å². The number of benzene rings is 2. The molecule has 2 N–H and O–H groups in total. The van der Waals surface area contributed by atoms with Gasteiger partial charge >= 0.3 is 0 Å². The number of rotatable bonds is 3. The molecule has 1 aromatic heterocycles. The number of H-pyrrole nitrogens is 1. The third-order valence-corrected chi connectivity index (χ3v) is 4.93. The summed E-state index contributed by atoms with van der Waals surface area (Å²) >= 11 is 0. The van der Waals surface area contributed by atoms with Crippen LogP contribution in [0.1, 0.15) is 19.4 Å². The van der Waals surface area contributed by atoms with Crippen molar-refractivity contribution in [1.29, 1.82) is 0 Å². The summed E-state index contributed by atoms with van der Waals surface area (Å²) in [6, 6.07) is 11.2. The molecule has 1 aliphatic heterocycles. The monoisotopic (exact) mass is 335 g/mol. The Labute approximate surface area is 144 Å². The number of nitrogens with one attached hydrogen (secondary N) is 2. The van der Waals surface area contributed by atoms with Crippen molar-refractivity contribution in [3.05, 3.63) is 42.0 Å². The van der Waals surface area contributed by atoms with Crippen molar-refractivity contribution in [3.63, 3.8) is 0 Å². The molecule has 4 rings (SSSR count). The maximum atomic E-state index is 12.3. The zero-order valence-corrected chi connectivity index (χ0v) is 14.1. The quantitative estimate of drug-likeness (QED) is 0.721. The third kappa shape index (κ3) is 2.14. The SMILES string of the molecule is COc1ccc(-c2nc3cc4c(cc3[nH]2)C(C)(C(C)=O)C(=O)N4)cc1. The van der Waals surface area contributed by atoms with E-state index in [0.717, 1.165) is 28.2 Å². The second-order valence-electron chi connectivity index (χ2n) is 6.36. The van der Waals surface area contributed by atoms with Crippen LogP contribution in [0.3, 0.4) is 0 Å². The fourth-order valence-electron chi connectivity index (χ4n) is 3.18. The van der Waals surface area contributed by atoms with Gasteiger partial charge in [-0.25, -0.2) is 4.98 Å². The first-order valence-corrected chi connectivity index (χ1v) is 7.94. The predicted octanol–water partition coefficient (Wildman–Crippen LogP) is 3.04. The third-order valence-electron chi connectivity index (χ3n) is 4.93. The Morgan fingerprint density at radius 3 is 2.56 bits per heavy atom. The number of carbonyl (C=O) groups is 2. The normalized spacial score (nSPS) is 18.9. The summed E-state index contributed by atoms with van der Waals surface area (Å²) in [5, 5.41) is 2.80. The first-order valence-electron chi connectivity index (χ1n) is 7.94. The van der Waals surface area contributed by atoms with Crippen LogP contribution in [0.25, 0.3) is 22.4 Å². The molecule has 25 heavy (non-hydrogen) atoms. The Morgan fingerprint density at radius 1 is 1.20 bits per heavy atom. The van der Waals surface area contributed by atoms with Crippen molar-refractivity contribution in [1.82, 2.24) is 9.97 Å². The zero-order chi connectivity index (χ0) is 17.8. The van der Waals surface area contributed by atoms with Gasteiger partial charge in [-0.2, -0.15) is 0 Å². The first kappa shape index (κ1) is 15.4. The number of anilines is 1. The Kier molecular flexibility index (Phi) is 3.18. The summed E-state index contributed by atoms with van der Waals surface area (Å²) in [5.41, 5.74) is 2.61. The molecular weight excluding hydrogens is 318 g/mol. The van der Waals surface area contributed by atoms with Crippen molar-refractivity contribution >= 4 is 28.4 Å². The lowest BCUT2D eigenvalue weighted by molar-refractivity contribution is -0.130. The summed E-state index contributed by atoms with van der Waals surface area (Å²) in [7, 11) is 1.62. The van der Waals surface area contributed by atoms with Crippen molar-refractivity contribution in [2.45, 2.75) is 19.3 Å². The molecule has 2 aromatic carbocycles. The molecule has 0 fully saturated rings.